The molecule has 0 radical (unpaired) electrons. The van der Waals surface area contributed by atoms with Gasteiger partial charge in [-0.05, 0) is 36.8 Å². The predicted octanol–water partition coefficient (Wildman–Crippen LogP) is 3.02. The van der Waals surface area contributed by atoms with Crippen molar-refractivity contribution in [3.8, 4) is 0 Å². The van der Waals surface area contributed by atoms with Crippen molar-refractivity contribution in [2.45, 2.75) is 52.0 Å². The number of amides is 1. The van der Waals surface area contributed by atoms with Gasteiger partial charge in [0.15, 0.2) is 0 Å². The van der Waals surface area contributed by atoms with Crippen LogP contribution in [0.15, 0.2) is 24.3 Å². The van der Waals surface area contributed by atoms with Crippen LogP contribution in [-0.4, -0.2) is 18.5 Å². The van der Waals surface area contributed by atoms with Crippen molar-refractivity contribution in [1.29, 1.82) is 0 Å². The lowest BCUT2D eigenvalue weighted by Gasteiger charge is -2.08. The van der Waals surface area contributed by atoms with Gasteiger partial charge in [-0.15, -0.1) is 12.4 Å². The highest BCUT2D eigenvalue weighted by Gasteiger charge is 2.03. The first kappa shape index (κ1) is 18.9. The standard InChI is InChI=1S/C16H26N2O.ClH/c1-12(2)15-7-4-14(5-8-15)6-9-16(19)18-11-10-13(3)17;/h4-5,7-8,12-13H,6,9-11,17H2,1-3H3,(H,18,19);1H. The summed E-state index contributed by atoms with van der Waals surface area (Å²) in [4.78, 5) is 11.6. The van der Waals surface area contributed by atoms with Crippen molar-refractivity contribution < 1.29 is 4.79 Å². The molecule has 0 aliphatic carbocycles. The lowest BCUT2D eigenvalue weighted by Crippen LogP contribution is -2.29. The molecule has 1 aromatic rings. The highest BCUT2D eigenvalue weighted by Crippen LogP contribution is 2.15. The van der Waals surface area contributed by atoms with Gasteiger partial charge in [-0.2, -0.15) is 0 Å². The minimum absolute atomic E-state index is 0. The zero-order valence-electron chi connectivity index (χ0n) is 12.7. The molecular weight excluding hydrogens is 272 g/mol. The van der Waals surface area contributed by atoms with Crippen molar-refractivity contribution in [2.24, 2.45) is 5.73 Å². The molecule has 1 aromatic carbocycles. The van der Waals surface area contributed by atoms with Gasteiger partial charge >= 0.3 is 0 Å². The van der Waals surface area contributed by atoms with E-state index in [2.05, 4.69) is 43.4 Å². The Morgan fingerprint density at radius 1 is 1.20 bits per heavy atom. The number of nitrogens with one attached hydrogen (secondary N) is 1. The first-order valence-corrected chi connectivity index (χ1v) is 7.10. The van der Waals surface area contributed by atoms with Gasteiger partial charge < -0.3 is 11.1 Å². The van der Waals surface area contributed by atoms with E-state index in [0.717, 1.165) is 12.8 Å². The quantitative estimate of drug-likeness (QED) is 0.813. The molecule has 0 aromatic heterocycles. The number of halogens is 1. The molecule has 20 heavy (non-hydrogen) atoms. The van der Waals surface area contributed by atoms with Crippen LogP contribution in [0.5, 0.6) is 0 Å². The van der Waals surface area contributed by atoms with E-state index in [1.165, 1.54) is 11.1 Å². The van der Waals surface area contributed by atoms with Crippen molar-refractivity contribution in [3.05, 3.63) is 35.4 Å². The second-order valence-corrected chi connectivity index (χ2v) is 5.51. The second kappa shape index (κ2) is 9.78. The van der Waals surface area contributed by atoms with Crippen molar-refractivity contribution in [2.75, 3.05) is 6.54 Å². The van der Waals surface area contributed by atoms with E-state index in [0.29, 0.717) is 18.9 Å². The molecule has 3 nitrogen and oxygen atoms in total. The Bertz CT molecular complexity index is 388. The molecule has 4 heteroatoms. The Morgan fingerprint density at radius 3 is 2.30 bits per heavy atom. The fourth-order valence-electron chi connectivity index (χ4n) is 1.85. The Balaban J connectivity index is 0.00000361. The largest absolute Gasteiger partial charge is 0.356 e. The van der Waals surface area contributed by atoms with Crippen LogP contribution >= 0.6 is 12.4 Å². The zero-order valence-corrected chi connectivity index (χ0v) is 13.5. The third kappa shape index (κ3) is 7.51. The number of rotatable bonds is 7. The minimum Gasteiger partial charge on any atom is -0.356 e. The minimum atomic E-state index is 0. The molecule has 3 N–H and O–H groups in total. The molecule has 0 bridgehead atoms. The third-order valence-corrected chi connectivity index (χ3v) is 3.21. The Hall–Kier alpha value is -1.06. The number of carbonyl (C=O) groups excluding carboxylic acids is 1. The molecule has 1 atom stereocenters. The monoisotopic (exact) mass is 298 g/mol. The highest BCUT2D eigenvalue weighted by atomic mass is 35.5. The molecule has 0 fully saturated rings. The van der Waals surface area contributed by atoms with Crippen molar-refractivity contribution in [3.63, 3.8) is 0 Å². The maximum atomic E-state index is 11.6. The SMILES string of the molecule is CC(N)CCNC(=O)CCc1ccc(C(C)C)cc1.Cl. The van der Waals surface area contributed by atoms with Crippen molar-refractivity contribution >= 4 is 18.3 Å². The number of carbonyl (C=O) groups is 1. The van der Waals surface area contributed by atoms with E-state index in [4.69, 9.17) is 5.73 Å². The van der Waals surface area contributed by atoms with Crippen molar-refractivity contribution in [1.82, 2.24) is 5.32 Å². The van der Waals surface area contributed by atoms with E-state index in [9.17, 15) is 4.79 Å². The molecule has 0 saturated heterocycles. The molecule has 0 heterocycles. The summed E-state index contributed by atoms with van der Waals surface area (Å²) >= 11 is 0. The van der Waals surface area contributed by atoms with E-state index < -0.39 is 0 Å². The molecule has 1 rings (SSSR count). The van der Waals surface area contributed by atoms with Gasteiger partial charge in [-0.1, -0.05) is 38.1 Å². The van der Waals surface area contributed by atoms with Crippen LogP contribution < -0.4 is 11.1 Å². The van der Waals surface area contributed by atoms with Crippen LogP contribution in [0.25, 0.3) is 0 Å². The van der Waals surface area contributed by atoms with Crippen LogP contribution in [0, 0.1) is 0 Å². The summed E-state index contributed by atoms with van der Waals surface area (Å²) in [5.74, 6) is 0.657. The zero-order chi connectivity index (χ0) is 14.3. The lowest BCUT2D eigenvalue weighted by atomic mass is 10.0. The van der Waals surface area contributed by atoms with E-state index in [1.54, 1.807) is 0 Å². The summed E-state index contributed by atoms with van der Waals surface area (Å²) in [7, 11) is 0. The fraction of sp³-hybridized carbons (Fsp3) is 0.562. The average Bonchev–Trinajstić information content (AvgIpc) is 2.36. The van der Waals surface area contributed by atoms with Crippen LogP contribution in [-0.2, 0) is 11.2 Å². The average molecular weight is 299 g/mol. The summed E-state index contributed by atoms with van der Waals surface area (Å²) in [6.45, 7) is 6.98. The second-order valence-electron chi connectivity index (χ2n) is 5.51. The molecule has 0 spiro atoms. The van der Waals surface area contributed by atoms with E-state index in [1.807, 2.05) is 6.92 Å². The Kier molecular flexibility index (Phi) is 9.26. The summed E-state index contributed by atoms with van der Waals surface area (Å²) in [6, 6.07) is 8.67. The third-order valence-electron chi connectivity index (χ3n) is 3.21. The van der Waals surface area contributed by atoms with Gasteiger partial charge in [0.05, 0.1) is 0 Å². The van der Waals surface area contributed by atoms with Gasteiger partial charge in [0, 0.05) is 19.0 Å². The smallest absolute Gasteiger partial charge is 0.220 e. The maximum absolute atomic E-state index is 11.6. The van der Waals surface area contributed by atoms with Crippen LogP contribution in [0.2, 0.25) is 0 Å². The normalized spacial score (nSPS) is 11.8. The summed E-state index contributed by atoms with van der Waals surface area (Å²) in [5, 5.41) is 2.89. The number of hydrogen-bond acceptors (Lipinski definition) is 2. The molecule has 1 unspecified atom stereocenters. The topological polar surface area (TPSA) is 55.1 Å². The molecule has 114 valence electrons. The maximum Gasteiger partial charge on any atom is 0.220 e. The summed E-state index contributed by atoms with van der Waals surface area (Å²) in [6.07, 6.45) is 2.16. The van der Waals surface area contributed by atoms with Gasteiger partial charge in [0.2, 0.25) is 5.91 Å². The lowest BCUT2D eigenvalue weighted by molar-refractivity contribution is -0.121. The van der Waals surface area contributed by atoms with Gasteiger partial charge in [0.1, 0.15) is 0 Å². The predicted molar refractivity (Wildman–Crippen MR) is 87.4 cm³/mol. The Morgan fingerprint density at radius 2 is 1.80 bits per heavy atom. The number of benzene rings is 1. The number of aryl methyl sites for hydroxylation is 1. The first-order chi connectivity index (χ1) is 8.99. The Labute approximate surface area is 128 Å². The molecule has 0 aliphatic rings. The van der Waals surface area contributed by atoms with Gasteiger partial charge in [-0.25, -0.2) is 0 Å². The molecule has 1 amide bonds. The molecule has 0 aliphatic heterocycles. The summed E-state index contributed by atoms with van der Waals surface area (Å²) < 4.78 is 0. The van der Waals surface area contributed by atoms with Gasteiger partial charge in [-0.3, -0.25) is 4.79 Å². The van der Waals surface area contributed by atoms with E-state index >= 15 is 0 Å². The van der Waals surface area contributed by atoms with Crippen LogP contribution in [0.4, 0.5) is 0 Å². The fourth-order valence-corrected chi connectivity index (χ4v) is 1.85. The first-order valence-electron chi connectivity index (χ1n) is 7.10. The molecule has 0 saturated carbocycles. The molecular formula is C16H27ClN2O. The van der Waals surface area contributed by atoms with Crippen LogP contribution in [0.3, 0.4) is 0 Å². The highest BCUT2D eigenvalue weighted by molar-refractivity contribution is 5.85. The number of hydrogen-bond donors (Lipinski definition) is 2. The van der Waals surface area contributed by atoms with Gasteiger partial charge in [0.25, 0.3) is 0 Å². The summed E-state index contributed by atoms with van der Waals surface area (Å²) in [5.41, 5.74) is 8.18. The number of nitrogens with two attached hydrogens (primary N) is 1. The van der Waals surface area contributed by atoms with E-state index in [-0.39, 0.29) is 24.4 Å². The van der Waals surface area contributed by atoms with Crippen LogP contribution in [0.1, 0.15) is 50.7 Å².